The summed E-state index contributed by atoms with van der Waals surface area (Å²) in [5.41, 5.74) is 3.21. The van der Waals surface area contributed by atoms with Gasteiger partial charge in [0.15, 0.2) is 0 Å². The molecule has 3 aromatic rings. The van der Waals surface area contributed by atoms with E-state index in [1.807, 2.05) is 13.8 Å². The fraction of sp³-hybridized carbons (Fsp3) is 0.421. The van der Waals surface area contributed by atoms with Gasteiger partial charge in [-0.15, -0.1) is 22.7 Å². The Bertz CT molecular complexity index is 763. The van der Waals surface area contributed by atoms with Crippen molar-refractivity contribution in [3.63, 3.8) is 0 Å². The summed E-state index contributed by atoms with van der Waals surface area (Å²) in [5, 5.41) is 6.52. The van der Waals surface area contributed by atoms with Crippen molar-refractivity contribution in [1.29, 1.82) is 0 Å². The van der Waals surface area contributed by atoms with Crippen LogP contribution in [0.2, 0.25) is 5.02 Å². The Hall–Kier alpha value is -1.10. The van der Waals surface area contributed by atoms with Crippen LogP contribution in [0.3, 0.4) is 0 Å². The van der Waals surface area contributed by atoms with Crippen molar-refractivity contribution in [2.75, 3.05) is 5.32 Å². The third-order valence-corrected chi connectivity index (χ3v) is 6.24. The van der Waals surface area contributed by atoms with E-state index in [0.29, 0.717) is 0 Å². The number of aryl methyl sites for hydroxylation is 2. The van der Waals surface area contributed by atoms with Crippen LogP contribution < -0.4 is 5.32 Å². The standard InChI is InChI=1S/C17H19ClN2S2.C2H6/c1-3-6-14-15(18)16-17(22-14)13(9-11(4-2)20-16)19-10-12-7-5-8-21-12;1-2/h5,7-9H,3-4,6,10H2,1-2H3,(H,19,20);1-2H3. The minimum atomic E-state index is 0.844. The largest absolute Gasteiger partial charge is 0.379 e. The smallest absolute Gasteiger partial charge is 0.102 e. The average molecular weight is 381 g/mol. The SMILES string of the molecule is CC.CCCc1sc2c(NCc3cccs3)cc(CC)nc2c1Cl. The highest BCUT2D eigenvalue weighted by Gasteiger charge is 2.15. The Kier molecular flexibility index (Phi) is 7.53. The van der Waals surface area contributed by atoms with Crippen molar-refractivity contribution >= 4 is 50.2 Å². The number of halogens is 1. The van der Waals surface area contributed by atoms with Crippen molar-refractivity contribution < 1.29 is 0 Å². The van der Waals surface area contributed by atoms with Crippen molar-refractivity contribution in [1.82, 2.24) is 4.98 Å². The predicted molar refractivity (Wildman–Crippen MR) is 111 cm³/mol. The van der Waals surface area contributed by atoms with Crippen LogP contribution in [0.25, 0.3) is 10.2 Å². The lowest BCUT2D eigenvalue weighted by atomic mass is 10.2. The zero-order valence-corrected chi connectivity index (χ0v) is 17.2. The predicted octanol–water partition coefficient (Wildman–Crippen LogP) is 7.16. The van der Waals surface area contributed by atoms with E-state index >= 15 is 0 Å². The molecule has 0 bridgehead atoms. The van der Waals surface area contributed by atoms with Crippen LogP contribution in [0.1, 0.15) is 49.6 Å². The van der Waals surface area contributed by atoms with Crippen LogP contribution in [0.15, 0.2) is 23.6 Å². The van der Waals surface area contributed by atoms with Gasteiger partial charge in [0.05, 0.1) is 15.4 Å². The number of nitrogens with zero attached hydrogens (tertiary/aromatic N) is 1. The molecule has 1 N–H and O–H groups in total. The highest BCUT2D eigenvalue weighted by atomic mass is 35.5. The summed E-state index contributed by atoms with van der Waals surface area (Å²) < 4.78 is 1.18. The topological polar surface area (TPSA) is 24.9 Å². The number of anilines is 1. The fourth-order valence-electron chi connectivity index (χ4n) is 2.43. The van der Waals surface area contributed by atoms with Gasteiger partial charge in [-0.3, -0.25) is 4.98 Å². The fourth-order valence-corrected chi connectivity index (χ4v) is 4.71. The van der Waals surface area contributed by atoms with Gasteiger partial charge >= 0.3 is 0 Å². The van der Waals surface area contributed by atoms with Gasteiger partial charge < -0.3 is 5.32 Å². The number of rotatable bonds is 6. The molecule has 0 saturated heterocycles. The second-order valence-corrected chi connectivity index (χ2v) is 7.73. The Labute approximate surface area is 157 Å². The van der Waals surface area contributed by atoms with E-state index in [1.54, 1.807) is 22.7 Å². The van der Waals surface area contributed by atoms with Crippen LogP contribution in [0.5, 0.6) is 0 Å². The van der Waals surface area contributed by atoms with Crippen LogP contribution in [-0.2, 0) is 19.4 Å². The molecule has 24 heavy (non-hydrogen) atoms. The third kappa shape index (κ3) is 4.29. The number of fused-ring (bicyclic) bond motifs is 1. The second kappa shape index (κ2) is 9.40. The third-order valence-electron chi connectivity index (χ3n) is 3.58. The molecule has 0 saturated carbocycles. The number of aromatic nitrogens is 1. The first kappa shape index (κ1) is 19.2. The lowest BCUT2D eigenvalue weighted by Crippen LogP contribution is -1.99. The van der Waals surface area contributed by atoms with Gasteiger partial charge in [-0.25, -0.2) is 0 Å². The molecule has 3 rings (SSSR count). The second-order valence-electron chi connectivity index (χ2n) is 5.21. The summed E-state index contributed by atoms with van der Waals surface area (Å²) in [4.78, 5) is 7.32. The van der Waals surface area contributed by atoms with Crippen molar-refractivity contribution in [3.8, 4) is 0 Å². The molecule has 130 valence electrons. The van der Waals surface area contributed by atoms with E-state index in [9.17, 15) is 0 Å². The van der Waals surface area contributed by atoms with Crippen LogP contribution >= 0.6 is 34.3 Å². The molecule has 0 unspecified atom stereocenters. The molecule has 0 amide bonds. The lowest BCUT2D eigenvalue weighted by molar-refractivity contribution is 0.940. The van der Waals surface area contributed by atoms with Crippen molar-refractivity contribution in [3.05, 3.63) is 44.1 Å². The number of pyridine rings is 1. The number of thiophene rings is 2. The van der Waals surface area contributed by atoms with E-state index in [0.717, 1.165) is 47.7 Å². The number of hydrogen-bond acceptors (Lipinski definition) is 4. The summed E-state index contributed by atoms with van der Waals surface area (Å²) in [6.45, 7) is 9.16. The lowest BCUT2D eigenvalue weighted by Gasteiger charge is -2.08. The molecule has 2 nitrogen and oxygen atoms in total. The number of nitrogens with one attached hydrogen (secondary N) is 1. The molecule has 0 aliphatic carbocycles. The van der Waals surface area contributed by atoms with Gasteiger partial charge in [-0.05, 0) is 30.4 Å². The van der Waals surface area contributed by atoms with Gasteiger partial charge in [-0.2, -0.15) is 0 Å². The molecule has 0 aliphatic heterocycles. The highest BCUT2D eigenvalue weighted by Crippen LogP contribution is 2.39. The van der Waals surface area contributed by atoms with E-state index in [2.05, 4.69) is 42.7 Å². The molecule has 0 aromatic carbocycles. The Morgan fingerprint density at radius 1 is 1.25 bits per heavy atom. The maximum absolute atomic E-state index is 6.56. The van der Waals surface area contributed by atoms with Crippen LogP contribution in [0, 0.1) is 0 Å². The quantitative estimate of drug-likeness (QED) is 0.490. The normalized spacial score (nSPS) is 10.5. The molecule has 5 heteroatoms. The summed E-state index contributed by atoms with van der Waals surface area (Å²) in [6.07, 6.45) is 3.04. The van der Waals surface area contributed by atoms with Gasteiger partial charge in [0.1, 0.15) is 5.52 Å². The summed E-state index contributed by atoms with van der Waals surface area (Å²) >= 11 is 10.1. The van der Waals surface area contributed by atoms with Crippen molar-refractivity contribution in [2.45, 2.75) is 53.5 Å². The molecule has 0 spiro atoms. The molecule has 0 fully saturated rings. The van der Waals surface area contributed by atoms with Gasteiger partial charge in [0, 0.05) is 22.0 Å². The maximum Gasteiger partial charge on any atom is 0.102 e. The minimum absolute atomic E-state index is 0.844. The highest BCUT2D eigenvalue weighted by molar-refractivity contribution is 7.20. The molecule has 0 radical (unpaired) electrons. The molecule has 3 heterocycles. The average Bonchev–Trinajstić information content (AvgIpc) is 3.24. The van der Waals surface area contributed by atoms with E-state index in [-0.39, 0.29) is 0 Å². The van der Waals surface area contributed by atoms with Gasteiger partial charge in [0.2, 0.25) is 0 Å². The minimum Gasteiger partial charge on any atom is -0.379 e. The molecule has 3 aromatic heterocycles. The molecular formula is C19H25ClN2S2. The van der Waals surface area contributed by atoms with E-state index in [4.69, 9.17) is 16.6 Å². The maximum atomic E-state index is 6.56. The van der Waals surface area contributed by atoms with Crippen LogP contribution in [0.4, 0.5) is 5.69 Å². The Morgan fingerprint density at radius 2 is 2.04 bits per heavy atom. The first-order valence-corrected chi connectivity index (χ1v) is 10.7. The summed E-state index contributed by atoms with van der Waals surface area (Å²) in [6, 6.07) is 6.40. The van der Waals surface area contributed by atoms with Gasteiger partial charge in [0.25, 0.3) is 0 Å². The molecular weight excluding hydrogens is 356 g/mol. The monoisotopic (exact) mass is 380 g/mol. The van der Waals surface area contributed by atoms with Crippen LogP contribution in [-0.4, -0.2) is 4.98 Å². The molecule has 0 atom stereocenters. The Morgan fingerprint density at radius 3 is 2.67 bits per heavy atom. The van der Waals surface area contributed by atoms with Crippen molar-refractivity contribution in [2.24, 2.45) is 0 Å². The Balaban J connectivity index is 0.00000100. The first-order chi connectivity index (χ1) is 11.7. The van der Waals surface area contributed by atoms with E-state index < -0.39 is 0 Å². The van der Waals surface area contributed by atoms with Gasteiger partial charge in [-0.1, -0.05) is 51.8 Å². The first-order valence-electron chi connectivity index (χ1n) is 8.60. The molecule has 0 aliphatic rings. The number of hydrogen-bond donors (Lipinski definition) is 1. The zero-order chi connectivity index (χ0) is 17.5. The van der Waals surface area contributed by atoms with E-state index in [1.165, 1.54) is 14.5 Å². The summed E-state index contributed by atoms with van der Waals surface area (Å²) in [5.74, 6) is 0. The summed E-state index contributed by atoms with van der Waals surface area (Å²) in [7, 11) is 0. The zero-order valence-electron chi connectivity index (χ0n) is 14.8.